The van der Waals surface area contributed by atoms with E-state index in [0.29, 0.717) is 0 Å². The molecule has 0 spiro atoms. The molecular formula is C51H66. The lowest BCUT2D eigenvalue weighted by Gasteiger charge is -2.11. The summed E-state index contributed by atoms with van der Waals surface area (Å²) in [5.74, 6) is 0. The molecule has 1 aliphatic carbocycles. The SMILES string of the molecule is CC.CC.CC.CC.CC.CC.CCc1cccc(-c2ccc(-c3cccc4c3Cc3c(-c5ccc(-c6ccccc6)cc5)cccc3-4)cc2)c1. The van der Waals surface area contributed by atoms with Crippen LogP contribution in [0.2, 0.25) is 0 Å². The summed E-state index contributed by atoms with van der Waals surface area (Å²) >= 11 is 0. The summed E-state index contributed by atoms with van der Waals surface area (Å²) in [5.41, 5.74) is 17.3. The lowest BCUT2D eigenvalue weighted by atomic mass is 9.93. The van der Waals surface area contributed by atoms with Crippen molar-refractivity contribution < 1.29 is 0 Å². The molecule has 0 fully saturated rings. The first-order valence-corrected chi connectivity index (χ1v) is 19.9. The Bertz CT molecular complexity index is 1770. The standard InChI is InChI=1S/C39H30.6C2H6/c1-2-27-9-6-12-33(25-27)30-19-23-32(24-20-30)35-14-8-16-37-36-15-7-13-34(38(36)26-39(35)37)31-21-17-29(18-22-31)28-10-4-3-5-11-28;6*1-2/h3-25H,2,26H2,1H3;6*1-2H3. The van der Waals surface area contributed by atoms with Crippen LogP contribution in [-0.4, -0.2) is 0 Å². The minimum Gasteiger partial charge on any atom is -0.0683 e. The zero-order valence-corrected chi connectivity index (χ0v) is 34.2. The van der Waals surface area contributed by atoms with Gasteiger partial charge in [-0.25, -0.2) is 0 Å². The van der Waals surface area contributed by atoms with Crippen molar-refractivity contribution in [1.82, 2.24) is 0 Å². The van der Waals surface area contributed by atoms with Crippen molar-refractivity contribution in [3.63, 3.8) is 0 Å². The molecule has 0 aliphatic heterocycles. The van der Waals surface area contributed by atoms with Crippen LogP contribution in [0.25, 0.3) is 55.6 Å². The van der Waals surface area contributed by atoms with E-state index >= 15 is 0 Å². The highest BCUT2D eigenvalue weighted by Gasteiger charge is 2.24. The van der Waals surface area contributed by atoms with Gasteiger partial charge in [0.25, 0.3) is 0 Å². The molecule has 0 heteroatoms. The summed E-state index contributed by atoms with van der Waals surface area (Å²) in [6, 6.07) is 51.2. The molecule has 1 aliphatic rings. The molecule has 0 heterocycles. The third-order valence-electron chi connectivity index (χ3n) is 8.16. The Labute approximate surface area is 313 Å². The lowest BCUT2D eigenvalue weighted by molar-refractivity contribution is 1.14. The fraction of sp³-hybridized carbons (Fsp3) is 0.294. The van der Waals surface area contributed by atoms with Crippen molar-refractivity contribution in [2.75, 3.05) is 0 Å². The van der Waals surface area contributed by atoms with E-state index in [1.165, 1.54) is 72.3 Å². The predicted octanol–water partition coefficient (Wildman–Crippen LogP) is 16.6. The van der Waals surface area contributed by atoms with E-state index in [-0.39, 0.29) is 0 Å². The average molecular weight is 679 g/mol. The summed E-state index contributed by atoms with van der Waals surface area (Å²) in [4.78, 5) is 0. The van der Waals surface area contributed by atoms with Crippen molar-refractivity contribution in [3.05, 3.63) is 156 Å². The van der Waals surface area contributed by atoms with E-state index in [1.807, 2.05) is 83.1 Å². The summed E-state index contributed by atoms with van der Waals surface area (Å²) < 4.78 is 0. The Morgan fingerprint density at radius 2 is 0.647 bits per heavy atom. The fourth-order valence-electron chi connectivity index (χ4n) is 6.06. The van der Waals surface area contributed by atoms with Crippen LogP contribution in [0.5, 0.6) is 0 Å². The maximum Gasteiger partial charge on any atom is -0.000112 e. The van der Waals surface area contributed by atoms with E-state index in [4.69, 9.17) is 0 Å². The number of aryl methyl sites for hydroxylation is 1. The molecule has 0 N–H and O–H groups in total. The van der Waals surface area contributed by atoms with Gasteiger partial charge < -0.3 is 0 Å². The van der Waals surface area contributed by atoms with E-state index < -0.39 is 0 Å². The molecule has 270 valence electrons. The maximum absolute atomic E-state index is 2.31. The Morgan fingerprint density at radius 3 is 1.08 bits per heavy atom. The van der Waals surface area contributed by atoms with E-state index in [1.54, 1.807) is 0 Å². The molecule has 6 aromatic carbocycles. The van der Waals surface area contributed by atoms with Crippen LogP contribution in [0, 0.1) is 0 Å². The van der Waals surface area contributed by atoms with Crippen molar-refractivity contribution in [2.45, 2.75) is 103 Å². The predicted molar refractivity (Wildman–Crippen MR) is 234 cm³/mol. The van der Waals surface area contributed by atoms with Crippen LogP contribution >= 0.6 is 0 Å². The van der Waals surface area contributed by atoms with E-state index in [2.05, 4.69) is 146 Å². The molecule has 0 nitrogen and oxygen atoms in total. The van der Waals surface area contributed by atoms with Crippen LogP contribution in [0.1, 0.15) is 107 Å². The first kappa shape index (κ1) is 44.3. The molecule has 0 atom stereocenters. The number of rotatable bonds is 5. The molecule has 6 aromatic rings. The molecule has 0 saturated carbocycles. The monoisotopic (exact) mass is 679 g/mol. The van der Waals surface area contributed by atoms with Gasteiger partial charge in [-0.15, -0.1) is 0 Å². The van der Waals surface area contributed by atoms with Crippen molar-refractivity contribution >= 4 is 0 Å². The highest BCUT2D eigenvalue weighted by molar-refractivity contribution is 5.90. The molecule has 0 bridgehead atoms. The van der Waals surface area contributed by atoms with Gasteiger partial charge in [0.2, 0.25) is 0 Å². The van der Waals surface area contributed by atoms with Crippen LogP contribution in [-0.2, 0) is 12.8 Å². The molecule has 0 saturated heterocycles. The van der Waals surface area contributed by atoms with Gasteiger partial charge in [0.1, 0.15) is 0 Å². The quantitative estimate of drug-likeness (QED) is 0.170. The summed E-state index contributed by atoms with van der Waals surface area (Å²) in [5, 5.41) is 0. The maximum atomic E-state index is 2.31. The van der Waals surface area contributed by atoms with Crippen LogP contribution in [0.15, 0.2) is 140 Å². The van der Waals surface area contributed by atoms with Gasteiger partial charge in [-0.3, -0.25) is 0 Å². The first-order valence-electron chi connectivity index (χ1n) is 19.9. The van der Waals surface area contributed by atoms with Gasteiger partial charge in [0.15, 0.2) is 0 Å². The van der Waals surface area contributed by atoms with Crippen molar-refractivity contribution in [2.24, 2.45) is 0 Å². The highest BCUT2D eigenvalue weighted by atomic mass is 14.3. The summed E-state index contributed by atoms with van der Waals surface area (Å²) in [6.07, 6.45) is 2.01. The smallest absolute Gasteiger partial charge is 0.000112 e. The molecule has 7 rings (SSSR count). The zero-order valence-electron chi connectivity index (χ0n) is 34.2. The van der Waals surface area contributed by atoms with Gasteiger partial charge >= 0.3 is 0 Å². The number of hydrogen-bond acceptors (Lipinski definition) is 0. The topological polar surface area (TPSA) is 0 Å². The van der Waals surface area contributed by atoms with Gasteiger partial charge in [0, 0.05) is 0 Å². The molecule has 51 heavy (non-hydrogen) atoms. The van der Waals surface area contributed by atoms with Crippen molar-refractivity contribution in [1.29, 1.82) is 0 Å². The second-order valence-corrected chi connectivity index (χ2v) is 10.4. The minimum atomic E-state index is 0.956. The normalized spacial score (nSPS) is 9.67. The van der Waals surface area contributed by atoms with Gasteiger partial charge in [-0.05, 0) is 85.2 Å². The third-order valence-corrected chi connectivity index (χ3v) is 8.16. The zero-order chi connectivity index (χ0) is 38.2. The largest absolute Gasteiger partial charge is 0.0683 e. The molecule has 0 aromatic heterocycles. The molecule has 0 radical (unpaired) electrons. The number of fused-ring (bicyclic) bond motifs is 3. The average Bonchev–Trinajstić information content (AvgIpc) is 3.65. The molecule has 0 amide bonds. The van der Waals surface area contributed by atoms with Crippen LogP contribution in [0.3, 0.4) is 0 Å². The van der Waals surface area contributed by atoms with Crippen LogP contribution in [0.4, 0.5) is 0 Å². The van der Waals surface area contributed by atoms with Crippen LogP contribution < -0.4 is 0 Å². The van der Waals surface area contributed by atoms with Gasteiger partial charge in [0.05, 0.1) is 0 Å². The van der Waals surface area contributed by atoms with Gasteiger partial charge in [-0.1, -0.05) is 230 Å². The summed E-state index contributed by atoms with van der Waals surface area (Å²) in [7, 11) is 0. The lowest BCUT2D eigenvalue weighted by Crippen LogP contribution is -1.90. The Kier molecular flexibility index (Phi) is 22.0. The first-order chi connectivity index (χ1) is 25.3. The second-order valence-electron chi connectivity index (χ2n) is 10.4. The second kappa shape index (κ2) is 25.3. The Balaban J connectivity index is 0.000000987. The Hall–Kier alpha value is -4.68. The molecule has 0 unspecified atom stereocenters. The van der Waals surface area contributed by atoms with Gasteiger partial charge in [-0.2, -0.15) is 0 Å². The third kappa shape index (κ3) is 11.2. The fourth-order valence-corrected chi connectivity index (χ4v) is 6.06. The minimum absolute atomic E-state index is 0.956. The Morgan fingerprint density at radius 1 is 0.314 bits per heavy atom. The van der Waals surface area contributed by atoms with E-state index in [9.17, 15) is 0 Å². The highest BCUT2D eigenvalue weighted by Crippen LogP contribution is 2.45. The summed E-state index contributed by atoms with van der Waals surface area (Å²) in [6.45, 7) is 26.2. The number of benzene rings is 6. The van der Waals surface area contributed by atoms with Crippen molar-refractivity contribution in [3.8, 4) is 55.6 Å². The molecular weight excluding hydrogens is 613 g/mol. The van der Waals surface area contributed by atoms with E-state index in [0.717, 1.165) is 12.8 Å². The number of hydrogen-bond donors (Lipinski definition) is 0.